The lowest BCUT2D eigenvalue weighted by Gasteiger charge is -2.13. The molecule has 0 saturated heterocycles. The normalized spacial score (nSPS) is 12.4. The smallest absolute Gasteiger partial charge is 0.261 e. The molecule has 7 heteroatoms. The molecule has 1 atom stereocenters. The van der Waals surface area contributed by atoms with E-state index in [1.165, 1.54) is 24.5 Å². The lowest BCUT2D eigenvalue weighted by molar-refractivity contribution is 0.0935. The molecule has 0 radical (unpaired) electrons. The molecule has 1 heterocycles. The van der Waals surface area contributed by atoms with E-state index in [1.807, 2.05) is 13.0 Å². The average Bonchev–Trinajstić information content (AvgIpc) is 3.16. The Bertz CT molecular complexity index is 1040. The van der Waals surface area contributed by atoms with E-state index in [1.54, 1.807) is 43.3 Å². The molecular weight excluding hydrogens is 364 g/mol. The summed E-state index contributed by atoms with van der Waals surface area (Å²) in [5.74, 6) is 0.236. The number of carbonyl (C=O) groups is 1. The number of nitrogens with one attached hydrogen (secondary N) is 2. The molecule has 0 aliphatic carbocycles. The summed E-state index contributed by atoms with van der Waals surface area (Å²) in [4.78, 5) is 12.5. The summed E-state index contributed by atoms with van der Waals surface area (Å²) in [5, 5.41) is 2.79. The Balaban J connectivity index is 1.79. The van der Waals surface area contributed by atoms with Crippen LogP contribution in [0.4, 0.5) is 5.69 Å². The number of anilines is 1. The van der Waals surface area contributed by atoms with E-state index >= 15 is 0 Å². The van der Waals surface area contributed by atoms with Gasteiger partial charge < -0.3 is 9.73 Å². The predicted molar refractivity (Wildman–Crippen MR) is 103 cm³/mol. The summed E-state index contributed by atoms with van der Waals surface area (Å²) in [5.41, 5.74) is 1.66. The highest BCUT2D eigenvalue weighted by Gasteiger charge is 2.18. The molecule has 0 bridgehead atoms. The van der Waals surface area contributed by atoms with Gasteiger partial charge in [0.05, 0.1) is 17.2 Å². The molecule has 0 spiro atoms. The first-order chi connectivity index (χ1) is 12.8. The molecule has 0 aliphatic heterocycles. The van der Waals surface area contributed by atoms with Gasteiger partial charge >= 0.3 is 0 Å². The maximum absolute atomic E-state index is 12.6. The minimum absolute atomic E-state index is 0.0160. The molecule has 0 fully saturated rings. The van der Waals surface area contributed by atoms with Gasteiger partial charge in [0.15, 0.2) is 0 Å². The third-order valence-corrected chi connectivity index (χ3v) is 5.37. The summed E-state index contributed by atoms with van der Waals surface area (Å²) in [7, 11) is -3.81. The lowest BCUT2D eigenvalue weighted by atomic mass is 10.2. The van der Waals surface area contributed by atoms with Crippen molar-refractivity contribution in [3.8, 4) is 0 Å². The molecule has 3 aromatic rings. The van der Waals surface area contributed by atoms with Gasteiger partial charge in [-0.3, -0.25) is 9.52 Å². The van der Waals surface area contributed by atoms with Crippen LogP contribution in [0.15, 0.2) is 76.2 Å². The zero-order chi connectivity index (χ0) is 19.4. The highest BCUT2D eigenvalue weighted by Crippen LogP contribution is 2.19. The second-order valence-corrected chi connectivity index (χ2v) is 7.90. The second-order valence-electron chi connectivity index (χ2n) is 6.21. The molecule has 0 aliphatic rings. The third-order valence-electron chi connectivity index (χ3n) is 3.99. The number of aryl methyl sites for hydroxylation is 1. The van der Waals surface area contributed by atoms with Gasteiger partial charge in [0.25, 0.3) is 15.9 Å². The van der Waals surface area contributed by atoms with Crippen molar-refractivity contribution < 1.29 is 17.6 Å². The molecule has 1 aromatic heterocycles. The molecule has 140 valence electrons. The van der Waals surface area contributed by atoms with Crippen molar-refractivity contribution in [2.75, 3.05) is 4.72 Å². The highest BCUT2D eigenvalue weighted by molar-refractivity contribution is 7.92. The fraction of sp³-hybridized carbons (Fsp3) is 0.150. The van der Waals surface area contributed by atoms with E-state index in [4.69, 9.17) is 4.42 Å². The molecular formula is C20H20N2O4S. The Morgan fingerprint density at radius 1 is 1.04 bits per heavy atom. The second kappa shape index (κ2) is 7.67. The van der Waals surface area contributed by atoms with Crippen LogP contribution in [0.5, 0.6) is 0 Å². The summed E-state index contributed by atoms with van der Waals surface area (Å²) < 4.78 is 33.1. The first-order valence-electron chi connectivity index (χ1n) is 8.39. The van der Waals surface area contributed by atoms with Crippen LogP contribution in [-0.4, -0.2) is 14.3 Å². The van der Waals surface area contributed by atoms with Gasteiger partial charge in [-0.25, -0.2) is 8.42 Å². The van der Waals surface area contributed by atoms with E-state index in [2.05, 4.69) is 10.0 Å². The van der Waals surface area contributed by atoms with Crippen LogP contribution < -0.4 is 10.0 Å². The van der Waals surface area contributed by atoms with E-state index in [9.17, 15) is 13.2 Å². The summed E-state index contributed by atoms with van der Waals surface area (Å²) in [6.45, 7) is 3.67. The number of furan rings is 1. The number of amides is 1. The predicted octanol–water partition coefficient (Wildman–Crippen LogP) is 3.88. The Morgan fingerprint density at radius 3 is 2.52 bits per heavy atom. The van der Waals surface area contributed by atoms with Gasteiger partial charge in [0.2, 0.25) is 0 Å². The van der Waals surface area contributed by atoms with Crippen LogP contribution in [0, 0.1) is 6.92 Å². The largest absolute Gasteiger partial charge is 0.467 e. The topological polar surface area (TPSA) is 88.4 Å². The Morgan fingerprint density at radius 2 is 1.81 bits per heavy atom. The molecule has 0 saturated carbocycles. The fourth-order valence-corrected chi connectivity index (χ4v) is 3.71. The summed E-state index contributed by atoms with van der Waals surface area (Å²) in [6.07, 6.45) is 1.53. The van der Waals surface area contributed by atoms with Gasteiger partial charge in [-0.2, -0.15) is 0 Å². The number of hydrogen-bond acceptors (Lipinski definition) is 4. The van der Waals surface area contributed by atoms with Gasteiger partial charge in [-0.05, 0) is 61.9 Å². The zero-order valence-corrected chi connectivity index (χ0v) is 15.8. The maximum atomic E-state index is 12.6. The molecule has 1 amide bonds. The standard InChI is InChI=1S/C20H20N2O4S/c1-14-6-3-8-17(12-14)22-27(24,25)18-9-4-7-16(13-18)20(23)21-15(2)19-10-5-11-26-19/h3-13,15,22H,1-2H3,(H,21,23)/t15-/m1/s1. The van der Waals surface area contributed by atoms with Crippen LogP contribution >= 0.6 is 0 Å². The van der Waals surface area contributed by atoms with Crippen LogP contribution in [0.1, 0.15) is 34.6 Å². The van der Waals surface area contributed by atoms with Gasteiger partial charge in [-0.15, -0.1) is 0 Å². The van der Waals surface area contributed by atoms with Crippen molar-refractivity contribution >= 4 is 21.6 Å². The van der Waals surface area contributed by atoms with E-state index in [0.29, 0.717) is 11.4 Å². The maximum Gasteiger partial charge on any atom is 0.261 e. The van der Waals surface area contributed by atoms with E-state index in [-0.39, 0.29) is 22.4 Å². The van der Waals surface area contributed by atoms with Crippen LogP contribution in [-0.2, 0) is 10.0 Å². The third kappa shape index (κ3) is 4.57. The first-order valence-corrected chi connectivity index (χ1v) is 9.87. The van der Waals surface area contributed by atoms with Crippen molar-refractivity contribution in [2.45, 2.75) is 24.8 Å². The molecule has 2 N–H and O–H groups in total. The van der Waals surface area contributed by atoms with Crippen LogP contribution in [0.3, 0.4) is 0 Å². The van der Waals surface area contributed by atoms with Crippen molar-refractivity contribution in [1.82, 2.24) is 5.32 Å². The monoisotopic (exact) mass is 384 g/mol. The average molecular weight is 384 g/mol. The van der Waals surface area contributed by atoms with E-state index in [0.717, 1.165) is 5.56 Å². The number of carbonyl (C=O) groups excluding carboxylic acids is 1. The molecule has 3 rings (SSSR count). The molecule has 6 nitrogen and oxygen atoms in total. The number of rotatable bonds is 6. The van der Waals surface area contributed by atoms with Crippen LogP contribution in [0.2, 0.25) is 0 Å². The molecule has 2 aromatic carbocycles. The first kappa shape index (κ1) is 18.7. The summed E-state index contributed by atoms with van der Waals surface area (Å²) in [6, 6.07) is 16.1. The number of sulfonamides is 1. The minimum atomic E-state index is -3.81. The summed E-state index contributed by atoms with van der Waals surface area (Å²) >= 11 is 0. The number of hydrogen-bond donors (Lipinski definition) is 2. The van der Waals surface area contributed by atoms with E-state index < -0.39 is 10.0 Å². The lowest BCUT2D eigenvalue weighted by Crippen LogP contribution is -2.26. The van der Waals surface area contributed by atoms with Crippen molar-refractivity contribution in [1.29, 1.82) is 0 Å². The fourth-order valence-electron chi connectivity index (χ4n) is 2.62. The SMILES string of the molecule is Cc1cccc(NS(=O)(=O)c2cccc(C(=O)N[C@H](C)c3ccco3)c2)c1. The highest BCUT2D eigenvalue weighted by atomic mass is 32.2. The van der Waals surface area contributed by atoms with Crippen molar-refractivity contribution in [2.24, 2.45) is 0 Å². The number of benzene rings is 2. The zero-order valence-electron chi connectivity index (χ0n) is 15.0. The van der Waals surface area contributed by atoms with Gasteiger partial charge in [0, 0.05) is 11.3 Å². The van der Waals surface area contributed by atoms with Crippen molar-refractivity contribution in [3.05, 3.63) is 83.8 Å². The Labute approximate surface area is 158 Å². The van der Waals surface area contributed by atoms with Gasteiger partial charge in [-0.1, -0.05) is 18.2 Å². The van der Waals surface area contributed by atoms with Gasteiger partial charge in [0.1, 0.15) is 5.76 Å². The molecule has 0 unspecified atom stereocenters. The Kier molecular flexibility index (Phi) is 5.32. The minimum Gasteiger partial charge on any atom is -0.467 e. The quantitative estimate of drug-likeness (QED) is 0.675. The van der Waals surface area contributed by atoms with Crippen LogP contribution in [0.25, 0.3) is 0 Å². The van der Waals surface area contributed by atoms with Crippen molar-refractivity contribution in [3.63, 3.8) is 0 Å². The Hall–Kier alpha value is -3.06. The molecule has 27 heavy (non-hydrogen) atoms.